The van der Waals surface area contributed by atoms with E-state index >= 15 is 0 Å². The van der Waals surface area contributed by atoms with Crippen molar-refractivity contribution in [3.05, 3.63) is 47.0 Å². The molecule has 126 valence electrons. The third-order valence-electron chi connectivity index (χ3n) is 3.24. The van der Waals surface area contributed by atoms with Crippen LogP contribution >= 0.6 is 35.3 Å². The van der Waals surface area contributed by atoms with E-state index in [1.54, 1.807) is 18.4 Å². The highest BCUT2D eigenvalue weighted by Crippen LogP contribution is 2.17. The first-order valence-electron chi connectivity index (χ1n) is 7.24. The van der Waals surface area contributed by atoms with Gasteiger partial charge >= 0.3 is 0 Å². The van der Waals surface area contributed by atoms with Gasteiger partial charge in [-0.1, -0.05) is 30.3 Å². The quantitative estimate of drug-likeness (QED) is 0.422. The number of nitrogens with zero attached hydrogens (tertiary/aromatic N) is 3. The van der Waals surface area contributed by atoms with Crippen LogP contribution < -0.4 is 15.5 Å². The number of aliphatic imine (C=N–C) groups is 1. The Morgan fingerprint density at radius 1 is 1.30 bits per heavy atom. The maximum absolute atomic E-state index is 4.55. The fourth-order valence-corrected chi connectivity index (χ4v) is 2.74. The highest BCUT2D eigenvalue weighted by Gasteiger charge is 2.08. The van der Waals surface area contributed by atoms with Gasteiger partial charge in [0.1, 0.15) is 0 Å². The second-order valence-corrected chi connectivity index (χ2v) is 6.05. The van der Waals surface area contributed by atoms with Crippen molar-refractivity contribution < 1.29 is 0 Å². The second kappa shape index (κ2) is 9.71. The summed E-state index contributed by atoms with van der Waals surface area (Å²) >= 11 is 1.64. The van der Waals surface area contributed by atoms with Crippen molar-refractivity contribution in [1.82, 2.24) is 15.6 Å². The Kier molecular flexibility index (Phi) is 8.32. The molecule has 2 aromatic rings. The number of thiazole rings is 1. The number of nitrogens with one attached hydrogen (secondary N) is 2. The molecule has 1 atom stereocenters. The van der Waals surface area contributed by atoms with Crippen molar-refractivity contribution in [3.8, 4) is 0 Å². The van der Waals surface area contributed by atoms with E-state index in [9.17, 15) is 0 Å². The lowest BCUT2D eigenvalue weighted by atomic mass is 10.1. The van der Waals surface area contributed by atoms with Crippen LogP contribution in [0, 0.1) is 0 Å². The number of aromatic nitrogens is 1. The normalized spacial score (nSPS) is 12.3. The zero-order chi connectivity index (χ0) is 15.9. The maximum Gasteiger partial charge on any atom is 0.191 e. The van der Waals surface area contributed by atoms with Crippen molar-refractivity contribution in [2.75, 3.05) is 26.0 Å². The van der Waals surface area contributed by atoms with E-state index < -0.39 is 0 Å². The van der Waals surface area contributed by atoms with Crippen molar-refractivity contribution in [3.63, 3.8) is 0 Å². The van der Waals surface area contributed by atoms with Gasteiger partial charge in [0.2, 0.25) is 0 Å². The van der Waals surface area contributed by atoms with E-state index in [0.717, 1.165) is 16.8 Å². The van der Waals surface area contributed by atoms with E-state index in [2.05, 4.69) is 45.0 Å². The zero-order valence-electron chi connectivity index (χ0n) is 13.9. The molecule has 2 N–H and O–H groups in total. The zero-order valence-corrected chi connectivity index (χ0v) is 17.1. The Hall–Kier alpha value is -1.35. The summed E-state index contributed by atoms with van der Waals surface area (Å²) in [4.78, 5) is 10.8. The molecule has 5 nitrogen and oxygen atoms in total. The minimum atomic E-state index is 0. The highest BCUT2D eigenvalue weighted by atomic mass is 127. The summed E-state index contributed by atoms with van der Waals surface area (Å²) in [6.07, 6.45) is 0. The molecule has 0 radical (unpaired) electrons. The summed E-state index contributed by atoms with van der Waals surface area (Å²) in [6.45, 7) is 2.78. The first-order chi connectivity index (χ1) is 10.6. The maximum atomic E-state index is 4.55. The first-order valence-corrected chi connectivity index (χ1v) is 8.12. The van der Waals surface area contributed by atoms with Gasteiger partial charge in [-0.25, -0.2) is 4.98 Å². The predicted molar refractivity (Wildman–Crippen MR) is 110 cm³/mol. The van der Waals surface area contributed by atoms with Crippen molar-refractivity contribution in [1.29, 1.82) is 0 Å². The molecule has 0 fully saturated rings. The molecule has 1 heterocycles. The van der Waals surface area contributed by atoms with Crippen LogP contribution in [0.4, 0.5) is 5.13 Å². The van der Waals surface area contributed by atoms with Crippen LogP contribution in [0.5, 0.6) is 0 Å². The molecule has 0 aliphatic heterocycles. The minimum Gasteiger partial charge on any atom is -0.354 e. The van der Waals surface area contributed by atoms with Gasteiger partial charge in [-0.05, 0) is 12.5 Å². The molecule has 0 spiro atoms. The van der Waals surface area contributed by atoms with Gasteiger partial charge in [-0.15, -0.1) is 35.3 Å². The van der Waals surface area contributed by atoms with Crippen LogP contribution in [0.25, 0.3) is 0 Å². The summed E-state index contributed by atoms with van der Waals surface area (Å²) in [5.41, 5.74) is 2.25. The highest BCUT2D eigenvalue weighted by molar-refractivity contribution is 14.0. The number of hydrogen-bond donors (Lipinski definition) is 2. The molecule has 0 aliphatic rings. The molecule has 1 aromatic carbocycles. The fraction of sp³-hybridized carbons (Fsp3) is 0.375. The average Bonchev–Trinajstić information content (AvgIpc) is 3.01. The van der Waals surface area contributed by atoms with E-state index in [1.165, 1.54) is 5.56 Å². The summed E-state index contributed by atoms with van der Waals surface area (Å²) in [5.74, 6) is 0.774. The Bertz CT molecular complexity index is 612. The summed E-state index contributed by atoms with van der Waals surface area (Å²) in [7, 11) is 5.77. The van der Waals surface area contributed by atoms with Crippen LogP contribution in [0.15, 0.2) is 40.7 Å². The monoisotopic (exact) mass is 445 g/mol. The molecular formula is C16H24IN5S. The van der Waals surface area contributed by atoms with E-state index in [0.29, 0.717) is 6.54 Å². The Morgan fingerprint density at radius 2 is 2.00 bits per heavy atom. The van der Waals surface area contributed by atoms with Gasteiger partial charge < -0.3 is 15.5 Å². The molecule has 1 unspecified atom stereocenters. The number of halogens is 1. The lowest BCUT2D eigenvalue weighted by molar-refractivity contribution is 0.683. The van der Waals surface area contributed by atoms with Crippen molar-refractivity contribution in [2.45, 2.75) is 19.5 Å². The van der Waals surface area contributed by atoms with Gasteiger partial charge in [0.25, 0.3) is 0 Å². The molecule has 0 amide bonds. The van der Waals surface area contributed by atoms with Crippen LogP contribution in [-0.2, 0) is 6.54 Å². The Morgan fingerprint density at radius 3 is 2.57 bits per heavy atom. The topological polar surface area (TPSA) is 52.6 Å². The number of anilines is 1. The van der Waals surface area contributed by atoms with Gasteiger partial charge in [-0.2, -0.15) is 0 Å². The number of hydrogen-bond acceptors (Lipinski definition) is 4. The lowest BCUT2D eigenvalue weighted by Crippen LogP contribution is -2.38. The number of rotatable bonds is 5. The van der Waals surface area contributed by atoms with Gasteiger partial charge in [0, 0.05) is 26.5 Å². The van der Waals surface area contributed by atoms with Crippen LogP contribution in [0.1, 0.15) is 24.2 Å². The first kappa shape index (κ1) is 19.7. The molecule has 0 saturated carbocycles. The molecule has 0 bridgehead atoms. The lowest BCUT2D eigenvalue weighted by Gasteiger charge is -2.18. The summed E-state index contributed by atoms with van der Waals surface area (Å²) in [6, 6.07) is 10.5. The number of benzene rings is 1. The Balaban J connectivity index is 0.00000264. The third-order valence-corrected chi connectivity index (χ3v) is 4.29. The fourth-order valence-electron chi connectivity index (χ4n) is 1.98. The molecule has 7 heteroatoms. The molecule has 1 aromatic heterocycles. The SMILES string of the molecule is CN=C(NCc1csc(N(C)C)n1)NC(C)c1ccccc1.I. The Labute approximate surface area is 159 Å². The summed E-state index contributed by atoms with van der Waals surface area (Å²) < 4.78 is 0. The van der Waals surface area contributed by atoms with Gasteiger partial charge in [-0.3, -0.25) is 4.99 Å². The second-order valence-electron chi connectivity index (χ2n) is 5.22. The van der Waals surface area contributed by atoms with Crippen LogP contribution in [-0.4, -0.2) is 32.1 Å². The van der Waals surface area contributed by atoms with Crippen LogP contribution in [0.3, 0.4) is 0 Å². The minimum absolute atomic E-state index is 0. The van der Waals surface area contributed by atoms with Crippen molar-refractivity contribution >= 4 is 46.4 Å². The molecule has 0 saturated heterocycles. The standard InChI is InChI=1S/C16H23N5S.HI/c1-12(13-8-6-5-7-9-13)19-15(17-2)18-10-14-11-22-16(20-14)21(3)4;/h5-9,11-12H,10H2,1-4H3,(H2,17,18,19);1H. The average molecular weight is 445 g/mol. The van der Waals surface area contributed by atoms with Gasteiger partial charge in [0.15, 0.2) is 11.1 Å². The molecular weight excluding hydrogens is 421 g/mol. The largest absolute Gasteiger partial charge is 0.354 e. The predicted octanol–water partition coefficient (Wildman–Crippen LogP) is 3.25. The molecule has 2 rings (SSSR count). The number of guanidine groups is 1. The molecule has 0 aliphatic carbocycles. The van der Waals surface area contributed by atoms with Crippen molar-refractivity contribution in [2.24, 2.45) is 4.99 Å². The van der Waals surface area contributed by atoms with Gasteiger partial charge in [0.05, 0.1) is 18.3 Å². The smallest absolute Gasteiger partial charge is 0.191 e. The van der Waals surface area contributed by atoms with E-state index in [-0.39, 0.29) is 30.0 Å². The molecule has 23 heavy (non-hydrogen) atoms. The van der Waals surface area contributed by atoms with E-state index in [1.807, 2.05) is 37.2 Å². The van der Waals surface area contributed by atoms with E-state index in [4.69, 9.17) is 0 Å². The summed E-state index contributed by atoms with van der Waals surface area (Å²) in [5, 5.41) is 9.77. The van der Waals surface area contributed by atoms with Crippen LogP contribution in [0.2, 0.25) is 0 Å². The third kappa shape index (κ3) is 5.98.